The Morgan fingerprint density at radius 1 is 1.11 bits per heavy atom. The topological polar surface area (TPSA) is 67.4 Å². The molecule has 2 N–H and O–H groups in total. The molecule has 0 spiro atoms. The standard InChI is InChI=1S/C21H24ClN5O/c1-25-18-4-2-3-17(20(23)28)19(18)24-21(25)27-13-11-26(12-14-27)10-9-15-5-7-16(22)8-6-15/h2-8H,9-14H2,1H3,(H2,23,28). The number of hydrogen-bond acceptors (Lipinski definition) is 4. The van der Waals surface area contributed by atoms with E-state index in [1.165, 1.54) is 5.56 Å². The maximum absolute atomic E-state index is 11.7. The van der Waals surface area contributed by atoms with E-state index >= 15 is 0 Å². The molecule has 1 aromatic heterocycles. The summed E-state index contributed by atoms with van der Waals surface area (Å²) in [4.78, 5) is 21.2. The highest BCUT2D eigenvalue weighted by Crippen LogP contribution is 2.25. The Bertz CT molecular complexity index is 990. The second-order valence-corrected chi connectivity index (χ2v) is 7.65. The van der Waals surface area contributed by atoms with Gasteiger partial charge in [0.1, 0.15) is 5.52 Å². The van der Waals surface area contributed by atoms with Crippen molar-refractivity contribution in [3.8, 4) is 0 Å². The van der Waals surface area contributed by atoms with Crippen molar-refractivity contribution in [1.82, 2.24) is 14.5 Å². The number of para-hydroxylation sites is 1. The molecule has 2 aromatic carbocycles. The average molecular weight is 398 g/mol. The minimum atomic E-state index is -0.442. The number of rotatable bonds is 5. The summed E-state index contributed by atoms with van der Waals surface area (Å²) in [6.07, 6.45) is 1.02. The molecule has 6 nitrogen and oxygen atoms in total. The van der Waals surface area contributed by atoms with Crippen LogP contribution in [0.3, 0.4) is 0 Å². The molecule has 0 aliphatic carbocycles. The van der Waals surface area contributed by atoms with Crippen LogP contribution in [-0.2, 0) is 13.5 Å². The summed E-state index contributed by atoms with van der Waals surface area (Å²) in [5.74, 6) is 0.448. The van der Waals surface area contributed by atoms with Gasteiger partial charge in [-0.25, -0.2) is 4.98 Å². The van der Waals surface area contributed by atoms with Gasteiger partial charge in [-0.3, -0.25) is 9.69 Å². The van der Waals surface area contributed by atoms with Crippen LogP contribution < -0.4 is 10.6 Å². The average Bonchev–Trinajstić information content (AvgIpc) is 3.04. The number of nitrogens with two attached hydrogens (primary N) is 1. The molecule has 0 unspecified atom stereocenters. The third-order valence-corrected chi connectivity index (χ3v) is 5.69. The lowest BCUT2D eigenvalue weighted by Gasteiger charge is -2.35. The number of aryl methyl sites for hydroxylation is 1. The summed E-state index contributed by atoms with van der Waals surface area (Å²) >= 11 is 5.95. The minimum Gasteiger partial charge on any atom is -0.366 e. The largest absolute Gasteiger partial charge is 0.366 e. The highest BCUT2D eigenvalue weighted by molar-refractivity contribution is 6.30. The van der Waals surface area contributed by atoms with E-state index in [0.29, 0.717) is 11.1 Å². The molecule has 2 heterocycles. The first-order chi connectivity index (χ1) is 13.5. The van der Waals surface area contributed by atoms with Gasteiger partial charge in [0.15, 0.2) is 0 Å². The Kier molecular flexibility index (Phi) is 5.24. The number of halogens is 1. The van der Waals surface area contributed by atoms with Crippen LogP contribution >= 0.6 is 11.6 Å². The number of primary amides is 1. The first kappa shape index (κ1) is 18.8. The van der Waals surface area contributed by atoms with Gasteiger partial charge in [0.25, 0.3) is 5.91 Å². The van der Waals surface area contributed by atoms with E-state index in [1.807, 2.05) is 35.9 Å². The van der Waals surface area contributed by atoms with Crippen LogP contribution in [0.1, 0.15) is 15.9 Å². The Labute approximate surface area is 169 Å². The Hall–Kier alpha value is -2.57. The lowest BCUT2D eigenvalue weighted by Crippen LogP contribution is -2.47. The van der Waals surface area contributed by atoms with Gasteiger partial charge >= 0.3 is 0 Å². The summed E-state index contributed by atoms with van der Waals surface area (Å²) in [6, 6.07) is 13.6. The molecule has 0 atom stereocenters. The van der Waals surface area contributed by atoms with Crippen molar-refractivity contribution < 1.29 is 4.79 Å². The van der Waals surface area contributed by atoms with E-state index < -0.39 is 5.91 Å². The number of fused-ring (bicyclic) bond motifs is 1. The molecule has 0 radical (unpaired) electrons. The molecule has 3 aromatic rings. The predicted octanol–water partition coefficient (Wildman–Crippen LogP) is 2.69. The van der Waals surface area contributed by atoms with Crippen LogP contribution in [0.4, 0.5) is 5.95 Å². The predicted molar refractivity (Wildman–Crippen MR) is 113 cm³/mol. The van der Waals surface area contributed by atoms with Crippen molar-refractivity contribution in [3.63, 3.8) is 0 Å². The second-order valence-electron chi connectivity index (χ2n) is 7.21. The summed E-state index contributed by atoms with van der Waals surface area (Å²) in [6.45, 7) is 4.82. The third-order valence-electron chi connectivity index (χ3n) is 5.44. The number of benzene rings is 2. The van der Waals surface area contributed by atoms with Crippen molar-refractivity contribution in [3.05, 3.63) is 58.6 Å². The Morgan fingerprint density at radius 2 is 1.82 bits per heavy atom. The number of amides is 1. The van der Waals surface area contributed by atoms with Gasteiger partial charge in [0.2, 0.25) is 5.95 Å². The fourth-order valence-corrected chi connectivity index (χ4v) is 3.92. The number of carbonyl (C=O) groups excluding carboxylic acids is 1. The molecule has 1 saturated heterocycles. The van der Waals surface area contributed by atoms with Crippen molar-refractivity contribution in [2.24, 2.45) is 12.8 Å². The van der Waals surface area contributed by atoms with Gasteiger partial charge in [-0.15, -0.1) is 0 Å². The Balaban J connectivity index is 1.42. The maximum Gasteiger partial charge on any atom is 0.250 e. The van der Waals surface area contributed by atoms with Gasteiger partial charge in [-0.05, 0) is 36.2 Å². The number of nitrogens with zero attached hydrogens (tertiary/aromatic N) is 4. The molecule has 7 heteroatoms. The summed E-state index contributed by atoms with van der Waals surface area (Å²) in [5.41, 5.74) is 8.89. The number of anilines is 1. The second kappa shape index (κ2) is 7.81. The quantitative estimate of drug-likeness (QED) is 0.718. The lowest BCUT2D eigenvalue weighted by atomic mass is 10.1. The van der Waals surface area contributed by atoms with E-state index in [1.54, 1.807) is 6.07 Å². The summed E-state index contributed by atoms with van der Waals surface area (Å²) in [5, 5.41) is 0.777. The normalized spacial score (nSPS) is 15.3. The van der Waals surface area contributed by atoms with Crippen LogP contribution in [0.2, 0.25) is 5.02 Å². The minimum absolute atomic E-state index is 0.442. The summed E-state index contributed by atoms with van der Waals surface area (Å²) < 4.78 is 2.05. The van der Waals surface area contributed by atoms with Gasteiger partial charge in [-0.1, -0.05) is 29.8 Å². The number of aromatic nitrogens is 2. The molecular weight excluding hydrogens is 374 g/mol. The molecule has 1 aliphatic rings. The molecule has 1 aliphatic heterocycles. The van der Waals surface area contributed by atoms with E-state index in [9.17, 15) is 4.79 Å². The highest BCUT2D eigenvalue weighted by Gasteiger charge is 2.22. The van der Waals surface area contributed by atoms with Crippen LogP contribution in [0.5, 0.6) is 0 Å². The number of carbonyl (C=O) groups is 1. The molecule has 146 valence electrons. The maximum atomic E-state index is 11.7. The fraction of sp³-hybridized carbons (Fsp3) is 0.333. The molecule has 1 amide bonds. The fourth-order valence-electron chi connectivity index (χ4n) is 3.79. The first-order valence-electron chi connectivity index (χ1n) is 9.50. The zero-order chi connectivity index (χ0) is 19.7. The van der Waals surface area contributed by atoms with E-state index in [4.69, 9.17) is 22.3 Å². The van der Waals surface area contributed by atoms with Crippen molar-refractivity contribution in [1.29, 1.82) is 0 Å². The number of piperazine rings is 1. The molecule has 0 saturated carbocycles. The smallest absolute Gasteiger partial charge is 0.250 e. The van der Waals surface area contributed by atoms with Gasteiger partial charge in [-0.2, -0.15) is 0 Å². The Morgan fingerprint density at radius 3 is 2.50 bits per heavy atom. The summed E-state index contributed by atoms with van der Waals surface area (Å²) in [7, 11) is 1.99. The monoisotopic (exact) mass is 397 g/mol. The number of hydrogen-bond donors (Lipinski definition) is 1. The van der Waals surface area contributed by atoms with E-state index in [0.717, 1.165) is 55.6 Å². The molecule has 1 fully saturated rings. The van der Waals surface area contributed by atoms with E-state index in [-0.39, 0.29) is 0 Å². The van der Waals surface area contributed by atoms with Crippen LogP contribution in [-0.4, -0.2) is 53.1 Å². The SMILES string of the molecule is Cn1c(N2CCN(CCc3ccc(Cl)cc3)CC2)nc2c(C(N)=O)cccc21. The zero-order valence-corrected chi connectivity index (χ0v) is 16.7. The third kappa shape index (κ3) is 3.70. The lowest BCUT2D eigenvalue weighted by molar-refractivity contribution is 0.100. The molecule has 4 rings (SSSR count). The van der Waals surface area contributed by atoms with Crippen molar-refractivity contribution in [2.75, 3.05) is 37.6 Å². The van der Waals surface area contributed by atoms with Gasteiger partial charge < -0.3 is 15.2 Å². The first-order valence-corrected chi connectivity index (χ1v) is 9.88. The van der Waals surface area contributed by atoms with Crippen LogP contribution in [0.15, 0.2) is 42.5 Å². The molecule has 28 heavy (non-hydrogen) atoms. The zero-order valence-electron chi connectivity index (χ0n) is 15.9. The van der Waals surface area contributed by atoms with E-state index in [2.05, 4.69) is 21.9 Å². The molecular formula is C21H24ClN5O. The number of imidazole rings is 1. The van der Waals surface area contributed by atoms with Crippen molar-refractivity contribution >= 4 is 34.5 Å². The van der Waals surface area contributed by atoms with Gasteiger partial charge in [0, 0.05) is 44.8 Å². The van der Waals surface area contributed by atoms with Crippen LogP contribution in [0.25, 0.3) is 11.0 Å². The van der Waals surface area contributed by atoms with Crippen molar-refractivity contribution in [2.45, 2.75) is 6.42 Å². The van der Waals surface area contributed by atoms with Crippen LogP contribution in [0, 0.1) is 0 Å². The van der Waals surface area contributed by atoms with Gasteiger partial charge in [0.05, 0.1) is 11.1 Å². The highest BCUT2D eigenvalue weighted by atomic mass is 35.5. The molecule has 0 bridgehead atoms.